The lowest BCUT2D eigenvalue weighted by Gasteiger charge is -2.39. The molecule has 3 rings (SSSR count). The molecule has 3 heterocycles. The van der Waals surface area contributed by atoms with Gasteiger partial charge in [0, 0.05) is 26.2 Å². The third-order valence-corrected chi connectivity index (χ3v) is 6.59. The van der Waals surface area contributed by atoms with Crippen molar-refractivity contribution in [3.63, 3.8) is 0 Å². The fourth-order valence-corrected chi connectivity index (χ4v) is 5.64. The molecule has 0 saturated carbocycles. The second kappa shape index (κ2) is 6.25. The highest BCUT2D eigenvalue weighted by Gasteiger charge is 2.37. The average molecular weight is 327 g/mol. The van der Waals surface area contributed by atoms with Crippen LogP contribution in [0, 0.1) is 11.8 Å². The molecule has 0 radical (unpaired) electrons. The molecule has 0 aliphatic carbocycles. The zero-order chi connectivity index (χ0) is 15.7. The molecule has 2 aliphatic heterocycles. The van der Waals surface area contributed by atoms with Gasteiger partial charge in [0.25, 0.3) is 10.2 Å². The minimum atomic E-state index is -3.37. The number of hydrogen-bond donors (Lipinski definition) is 0. The van der Waals surface area contributed by atoms with E-state index in [1.165, 1.54) is 6.33 Å². The molecule has 1 aromatic heterocycles. The van der Waals surface area contributed by atoms with Crippen molar-refractivity contribution >= 4 is 10.2 Å². The molecule has 124 valence electrons. The Bertz CT molecular complexity index is 578. The van der Waals surface area contributed by atoms with Crippen molar-refractivity contribution in [3.05, 3.63) is 12.7 Å². The Kier molecular flexibility index (Phi) is 4.52. The van der Waals surface area contributed by atoms with Gasteiger partial charge in [0.1, 0.15) is 12.7 Å². The third-order valence-electron chi connectivity index (χ3n) is 4.66. The predicted octanol–water partition coefficient (Wildman–Crippen LogP) is 1.14. The molecule has 0 N–H and O–H groups in total. The van der Waals surface area contributed by atoms with Gasteiger partial charge in [-0.2, -0.15) is 22.1 Å². The van der Waals surface area contributed by atoms with Gasteiger partial charge < -0.3 is 0 Å². The van der Waals surface area contributed by atoms with E-state index in [9.17, 15) is 8.42 Å². The predicted molar refractivity (Wildman–Crippen MR) is 83.3 cm³/mol. The Balaban J connectivity index is 1.74. The summed E-state index contributed by atoms with van der Waals surface area (Å²) in [5.74, 6) is 0.851. The van der Waals surface area contributed by atoms with Crippen molar-refractivity contribution in [2.24, 2.45) is 11.8 Å². The van der Waals surface area contributed by atoms with E-state index in [0.717, 1.165) is 19.3 Å². The summed E-state index contributed by atoms with van der Waals surface area (Å²) in [6.07, 6.45) is 6.09. The minimum absolute atomic E-state index is 0.0886. The first kappa shape index (κ1) is 15.9. The lowest BCUT2D eigenvalue weighted by molar-refractivity contribution is 0.191. The first-order valence-electron chi connectivity index (χ1n) is 8.06. The van der Waals surface area contributed by atoms with Gasteiger partial charge in [0.15, 0.2) is 0 Å². The Hall–Kier alpha value is -0.990. The summed E-state index contributed by atoms with van der Waals surface area (Å²) >= 11 is 0. The van der Waals surface area contributed by atoms with Gasteiger partial charge in [0.2, 0.25) is 0 Å². The summed E-state index contributed by atoms with van der Waals surface area (Å²) in [4.78, 5) is 3.97. The zero-order valence-electron chi connectivity index (χ0n) is 13.3. The number of rotatable bonds is 3. The SMILES string of the molecule is CC1CC(C)CN(S(=O)(=O)N2CCCC(n3cncn3)C2)C1. The number of nitrogens with zero attached hydrogens (tertiary/aromatic N) is 5. The highest BCUT2D eigenvalue weighted by molar-refractivity contribution is 7.86. The first-order valence-corrected chi connectivity index (χ1v) is 9.46. The molecular weight excluding hydrogens is 302 g/mol. The van der Waals surface area contributed by atoms with Crippen LogP contribution in [0.25, 0.3) is 0 Å². The van der Waals surface area contributed by atoms with Crippen LogP contribution in [0.4, 0.5) is 0 Å². The smallest absolute Gasteiger partial charge is 0.249 e. The molecule has 7 nitrogen and oxygen atoms in total. The maximum Gasteiger partial charge on any atom is 0.282 e. The van der Waals surface area contributed by atoms with E-state index < -0.39 is 10.2 Å². The van der Waals surface area contributed by atoms with Crippen molar-refractivity contribution in [3.8, 4) is 0 Å². The second-order valence-corrected chi connectivity index (χ2v) is 8.73. The van der Waals surface area contributed by atoms with Gasteiger partial charge >= 0.3 is 0 Å². The molecule has 1 aromatic rings. The molecule has 2 fully saturated rings. The van der Waals surface area contributed by atoms with E-state index in [-0.39, 0.29) is 6.04 Å². The lowest BCUT2D eigenvalue weighted by atomic mass is 9.94. The van der Waals surface area contributed by atoms with Crippen LogP contribution >= 0.6 is 0 Å². The molecule has 8 heteroatoms. The second-order valence-electron chi connectivity index (χ2n) is 6.80. The lowest BCUT2D eigenvalue weighted by Crippen LogP contribution is -2.52. The summed E-state index contributed by atoms with van der Waals surface area (Å²) in [6.45, 7) is 6.63. The number of aromatic nitrogens is 3. The van der Waals surface area contributed by atoms with Gasteiger partial charge in [-0.3, -0.25) is 0 Å². The first-order chi connectivity index (χ1) is 10.5. The van der Waals surface area contributed by atoms with Crippen LogP contribution in [-0.2, 0) is 10.2 Å². The van der Waals surface area contributed by atoms with Crippen LogP contribution < -0.4 is 0 Å². The standard InChI is InChI=1S/C14H25N5O2S/c1-12-6-13(2)8-18(7-12)22(20,21)17-5-3-4-14(9-17)19-11-15-10-16-19/h10-14H,3-9H2,1-2H3. The van der Waals surface area contributed by atoms with Crippen LogP contribution in [0.15, 0.2) is 12.7 Å². The van der Waals surface area contributed by atoms with E-state index in [4.69, 9.17) is 0 Å². The molecule has 3 atom stereocenters. The largest absolute Gasteiger partial charge is 0.282 e. The fraction of sp³-hybridized carbons (Fsp3) is 0.857. The summed E-state index contributed by atoms with van der Waals surface area (Å²) in [7, 11) is -3.37. The maximum absolute atomic E-state index is 13.0. The van der Waals surface area contributed by atoms with Crippen molar-refractivity contribution in [2.75, 3.05) is 26.2 Å². The summed E-state index contributed by atoms with van der Waals surface area (Å²) in [5.41, 5.74) is 0. The molecule has 0 bridgehead atoms. The fourth-order valence-electron chi connectivity index (χ4n) is 3.71. The molecule has 0 amide bonds. The van der Waals surface area contributed by atoms with Gasteiger partial charge in [-0.15, -0.1) is 0 Å². The topological polar surface area (TPSA) is 71.3 Å². The van der Waals surface area contributed by atoms with Crippen molar-refractivity contribution < 1.29 is 8.42 Å². The molecule has 0 spiro atoms. The molecule has 22 heavy (non-hydrogen) atoms. The highest BCUT2D eigenvalue weighted by atomic mass is 32.2. The zero-order valence-corrected chi connectivity index (χ0v) is 14.1. The van der Waals surface area contributed by atoms with Crippen LogP contribution in [0.3, 0.4) is 0 Å². The van der Waals surface area contributed by atoms with Gasteiger partial charge in [-0.1, -0.05) is 13.8 Å². The third kappa shape index (κ3) is 3.18. The Morgan fingerprint density at radius 3 is 2.45 bits per heavy atom. The van der Waals surface area contributed by atoms with E-state index in [1.807, 2.05) is 0 Å². The summed E-state index contributed by atoms with van der Waals surface area (Å²) in [6, 6.07) is 0.0886. The van der Waals surface area contributed by atoms with E-state index in [1.54, 1.807) is 19.6 Å². The monoisotopic (exact) mass is 327 g/mol. The van der Waals surface area contributed by atoms with Crippen LogP contribution in [0.5, 0.6) is 0 Å². The minimum Gasteiger partial charge on any atom is -0.249 e. The van der Waals surface area contributed by atoms with Gasteiger partial charge in [0.05, 0.1) is 6.04 Å². The molecule has 2 aliphatic rings. The van der Waals surface area contributed by atoms with Gasteiger partial charge in [-0.05, 0) is 31.1 Å². The normalized spacial score (nSPS) is 32.2. The Labute approximate surface area is 132 Å². The molecule has 2 saturated heterocycles. The Morgan fingerprint density at radius 2 is 1.82 bits per heavy atom. The molecular formula is C14H25N5O2S. The van der Waals surface area contributed by atoms with E-state index in [0.29, 0.717) is 38.0 Å². The average Bonchev–Trinajstić information content (AvgIpc) is 3.00. The van der Waals surface area contributed by atoms with Crippen LogP contribution in [0.1, 0.15) is 39.2 Å². The highest BCUT2D eigenvalue weighted by Crippen LogP contribution is 2.28. The van der Waals surface area contributed by atoms with E-state index >= 15 is 0 Å². The van der Waals surface area contributed by atoms with Crippen molar-refractivity contribution in [1.82, 2.24) is 23.4 Å². The summed E-state index contributed by atoms with van der Waals surface area (Å²) < 4.78 is 31.0. The maximum atomic E-state index is 13.0. The van der Waals surface area contributed by atoms with Crippen molar-refractivity contribution in [1.29, 1.82) is 0 Å². The van der Waals surface area contributed by atoms with Crippen LogP contribution in [-0.4, -0.2) is 58.0 Å². The molecule has 3 unspecified atom stereocenters. The van der Waals surface area contributed by atoms with E-state index in [2.05, 4.69) is 23.9 Å². The van der Waals surface area contributed by atoms with Crippen molar-refractivity contribution in [2.45, 2.75) is 39.2 Å². The molecule has 0 aromatic carbocycles. The summed E-state index contributed by atoms with van der Waals surface area (Å²) in [5, 5.41) is 4.16. The Morgan fingerprint density at radius 1 is 1.09 bits per heavy atom. The van der Waals surface area contributed by atoms with Gasteiger partial charge in [-0.25, -0.2) is 9.67 Å². The number of hydrogen-bond acceptors (Lipinski definition) is 4. The number of piperidine rings is 2. The quantitative estimate of drug-likeness (QED) is 0.834. The van der Waals surface area contributed by atoms with Crippen LogP contribution in [0.2, 0.25) is 0 Å².